The molecule has 0 heterocycles. The number of rotatable bonds is 6. The molecule has 0 radical (unpaired) electrons. The lowest BCUT2D eigenvalue weighted by Crippen LogP contribution is -2.31. The smallest absolute Gasteiger partial charge is 0.224 e. The Balaban J connectivity index is 2.00. The van der Waals surface area contributed by atoms with Gasteiger partial charge >= 0.3 is 0 Å². The Morgan fingerprint density at radius 1 is 1.19 bits per heavy atom. The van der Waals surface area contributed by atoms with Crippen LogP contribution in [0.2, 0.25) is 0 Å². The highest BCUT2D eigenvalue weighted by molar-refractivity contribution is 5.79. The van der Waals surface area contributed by atoms with Crippen LogP contribution in [0.4, 0.5) is 0 Å². The van der Waals surface area contributed by atoms with Crippen LogP contribution in [0, 0.1) is 0 Å². The second-order valence-electron chi connectivity index (χ2n) is 4.74. The highest BCUT2D eigenvalue weighted by Crippen LogP contribution is 2.15. The van der Waals surface area contributed by atoms with Crippen molar-refractivity contribution in [2.45, 2.75) is 12.5 Å². The molecule has 0 aliphatic carbocycles. The molecule has 2 aromatic rings. The van der Waals surface area contributed by atoms with Crippen molar-refractivity contribution in [3.63, 3.8) is 0 Å². The predicted octanol–water partition coefficient (Wildman–Crippen LogP) is 2.09. The van der Waals surface area contributed by atoms with Crippen LogP contribution < -0.4 is 10.1 Å². The van der Waals surface area contributed by atoms with Gasteiger partial charge in [-0.25, -0.2) is 0 Å². The van der Waals surface area contributed by atoms with Gasteiger partial charge in [-0.1, -0.05) is 42.5 Å². The summed E-state index contributed by atoms with van der Waals surface area (Å²) < 4.78 is 5.14. The average Bonchev–Trinajstić information content (AvgIpc) is 2.53. The molecule has 0 spiro atoms. The van der Waals surface area contributed by atoms with Crippen molar-refractivity contribution >= 4 is 5.91 Å². The van der Waals surface area contributed by atoms with Crippen molar-refractivity contribution in [3.05, 3.63) is 65.7 Å². The van der Waals surface area contributed by atoms with E-state index in [4.69, 9.17) is 4.74 Å². The third-order valence-corrected chi connectivity index (χ3v) is 3.22. The normalized spacial score (nSPS) is 11.7. The van der Waals surface area contributed by atoms with Gasteiger partial charge in [0.15, 0.2) is 0 Å². The Bertz CT molecular complexity index is 584. The fraction of sp³-hybridized carbons (Fsp3) is 0.235. The lowest BCUT2D eigenvalue weighted by Gasteiger charge is -2.16. The molecular weight excluding hydrogens is 266 g/mol. The zero-order valence-electron chi connectivity index (χ0n) is 12.0. The highest BCUT2D eigenvalue weighted by Gasteiger charge is 2.13. The summed E-state index contributed by atoms with van der Waals surface area (Å²) in [6.45, 7) is -0.131. The van der Waals surface area contributed by atoms with E-state index in [1.54, 1.807) is 7.11 Å². The van der Waals surface area contributed by atoms with Crippen molar-refractivity contribution in [1.82, 2.24) is 5.32 Å². The number of ether oxygens (including phenoxy) is 1. The highest BCUT2D eigenvalue weighted by atomic mass is 16.5. The fourth-order valence-corrected chi connectivity index (χ4v) is 2.13. The maximum Gasteiger partial charge on any atom is 0.224 e. The number of carbonyl (C=O) groups excluding carboxylic acids is 1. The van der Waals surface area contributed by atoms with Crippen molar-refractivity contribution in [2.24, 2.45) is 0 Å². The van der Waals surface area contributed by atoms with Gasteiger partial charge in [0.1, 0.15) is 5.75 Å². The molecule has 0 unspecified atom stereocenters. The molecule has 0 aromatic heterocycles. The molecule has 1 atom stereocenters. The molecule has 21 heavy (non-hydrogen) atoms. The van der Waals surface area contributed by atoms with Gasteiger partial charge in [-0.15, -0.1) is 0 Å². The molecule has 2 rings (SSSR count). The standard InChI is InChI=1S/C17H19NO3/c1-21-15-9-5-6-13(10-15)11-17(20)18-16(12-19)14-7-3-2-4-8-14/h2-10,16,19H,11-12H2,1H3,(H,18,20)/t16-/m1/s1. The molecule has 0 fully saturated rings. The van der Waals surface area contributed by atoms with E-state index in [2.05, 4.69) is 5.32 Å². The number of nitrogens with one attached hydrogen (secondary N) is 1. The first-order valence-corrected chi connectivity index (χ1v) is 6.81. The van der Waals surface area contributed by atoms with Gasteiger partial charge < -0.3 is 15.2 Å². The summed E-state index contributed by atoms with van der Waals surface area (Å²) >= 11 is 0. The summed E-state index contributed by atoms with van der Waals surface area (Å²) in [6, 6.07) is 16.4. The molecule has 4 heteroatoms. The van der Waals surface area contributed by atoms with E-state index in [9.17, 15) is 9.90 Å². The van der Waals surface area contributed by atoms with Crippen molar-refractivity contribution in [3.8, 4) is 5.75 Å². The van der Waals surface area contributed by atoms with Crippen molar-refractivity contribution in [1.29, 1.82) is 0 Å². The molecule has 2 aromatic carbocycles. The summed E-state index contributed by atoms with van der Waals surface area (Å²) in [6.07, 6.45) is 0.251. The van der Waals surface area contributed by atoms with Gasteiger partial charge in [-0.2, -0.15) is 0 Å². The van der Waals surface area contributed by atoms with Crippen LogP contribution in [-0.4, -0.2) is 24.7 Å². The monoisotopic (exact) mass is 285 g/mol. The number of carbonyl (C=O) groups is 1. The first-order valence-electron chi connectivity index (χ1n) is 6.81. The van der Waals surface area contributed by atoms with E-state index in [0.717, 1.165) is 16.9 Å². The van der Waals surface area contributed by atoms with Gasteiger partial charge in [-0.3, -0.25) is 4.79 Å². The molecule has 0 aliphatic rings. The Kier molecular flexibility index (Phi) is 5.35. The zero-order valence-corrected chi connectivity index (χ0v) is 12.0. The number of aliphatic hydroxyl groups excluding tert-OH is 1. The number of amides is 1. The number of aliphatic hydroxyl groups is 1. The van der Waals surface area contributed by atoms with Crippen LogP contribution in [0.15, 0.2) is 54.6 Å². The first-order chi connectivity index (χ1) is 10.2. The summed E-state index contributed by atoms with van der Waals surface area (Å²) in [5.74, 6) is 0.591. The fourth-order valence-electron chi connectivity index (χ4n) is 2.13. The number of hydrogen-bond acceptors (Lipinski definition) is 3. The maximum atomic E-state index is 12.1. The Hall–Kier alpha value is -2.33. The Morgan fingerprint density at radius 2 is 1.95 bits per heavy atom. The van der Waals surface area contributed by atoms with E-state index in [0.29, 0.717) is 0 Å². The van der Waals surface area contributed by atoms with Crippen LogP contribution in [-0.2, 0) is 11.2 Å². The van der Waals surface area contributed by atoms with E-state index in [1.807, 2.05) is 54.6 Å². The molecule has 110 valence electrons. The lowest BCUT2D eigenvalue weighted by molar-refractivity contribution is -0.121. The van der Waals surface area contributed by atoms with Crippen LogP contribution >= 0.6 is 0 Å². The molecule has 0 saturated carbocycles. The second kappa shape index (κ2) is 7.45. The average molecular weight is 285 g/mol. The topological polar surface area (TPSA) is 58.6 Å². The summed E-state index contributed by atoms with van der Waals surface area (Å²) in [5, 5.41) is 12.3. The van der Waals surface area contributed by atoms with E-state index in [-0.39, 0.29) is 25.0 Å². The minimum Gasteiger partial charge on any atom is -0.497 e. The molecular formula is C17H19NO3. The molecule has 1 amide bonds. The maximum absolute atomic E-state index is 12.1. The van der Waals surface area contributed by atoms with E-state index < -0.39 is 0 Å². The predicted molar refractivity (Wildman–Crippen MR) is 81.1 cm³/mol. The molecule has 0 saturated heterocycles. The first kappa shape index (κ1) is 15.1. The molecule has 2 N–H and O–H groups in total. The Labute approximate surface area is 124 Å². The quantitative estimate of drug-likeness (QED) is 0.854. The van der Waals surface area contributed by atoms with Gasteiger partial charge in [0.2, 0.25) is 5.91 Å². The third-order valence-electron chi connectivity index (χ3n) is 3.22. The number of methoxy groups -OCH3 is 1. The number of hydrogen-bond donors (Lipinski definition) is 2. The Morgan fingerprint density at radius 3 is 2.62 bits per heavy atom. The van der Waals surface area contributed by atoms with Gasteiger partial charge in [0.05, 0.1) is 26.2 Å². The molecule has 0 bridgehead atoms. The van der Waals surface area contributed by atoms with E-state index in [1.165, 1.54) is 0 Å². The third kappa shape index (κ3) is 4.33. The van der Waals surface area contributed by atoms with Crippen LogP contribution in [0.1, 0.15) is 17.2 Å². The van der Waals surface area contributed by atoms with Gasteiger partial charge in [-0.05, 0) is 23.3 Å². The minimum absolute atomic E-state index is 0.131. The zero-order chi connectivity index (χ0) is 15.1. The summed E-state index contributed by atoms with van der Waals surface area (Å²) in [7, 11) is 1.59. The van der Waals surface area contributed by atoms with Crippen LogP contribution in [0.3, 0.4) is 0 Å². The summed E-state index contributed by atoms with van der Waals surface area (Å²) in [4.78, 5) is 12.1. The number of benzene rings is 2. The largest absolute Gasteiger partial charge is 0.497 e. The molecule has 4 nitrogen and oxygen atoms in total. The van der Waals surface area contributed by atoms with Gasteiger partial charge in [0.25, 0.3) is 0 Å². The van der Waals surface area contributed by atoms with E-state index >= 15 is 0 Å². The minimum atomic E-state index is -0.385. The SMILES string of the molecule is COc1cccc(CC(=O)N[C@H](CO)c2ccccc2)c1. The van der Waals surface area contributed by atoms with Gasteiger partial charge in [0, 0.05) is 0 Å². The molecule has 0 aliphatic heterocycles. The van der Waals surface area contributed by atoms with Crippen LogP contribution in [0.5, 0.6) is 5.75 Å². The van der Waals surface area contributed by atoms with Crippen molar-refractivity contribution < 1.29 is 14.6 Å². The second-order valence-corrected chi connectivity index (χ2v) is 4.74. The van der Waals surface area contributed by atoms with Crippen molar-refractivity contribution in [2.75, 3.05) is 13.7 Å². The lowest BCUT2D eigenvalue weighted by atomic mass is 10.1. The van der Waals surface area contributed by atoms with Crippen LogP contribution in [0.25, 0.3) is 0 Å². The summed E-state index contributed by atoms with van der Waals surface area (Å²) in [5.41, 5.74) is 1.76.